The summed E-state index contributed by atoms with van der Waals surface area (Å²) < 4.78 is 11.6. The fraction of sp³-hybridized carbons (Fsp3) is 0.0385. The van der Waals surface area contributed by atoms with E-state index in [0.717, 1.165) is 29.5 Å². The lowest BCUT2D eigenvalue weighted by Crippen LogP contribution is -2.13. The third kappa shape index (κ3) is 5.68. The minimum Gasteiger partial charge on any atom is -0.508 e. The Bertz CT molecular complexity index is 1290. The van der Waals surface area contributed by atoms with E-state index in [-0.39, 0.29) is 11.3 Å². The van der Waals surface area contributed by atoms with Crippen LogP contribution in [0.5, 0.6) is 23.0 Å². The van der Waals surface area contributed by atoms with Crippen molar-refractivity contribution in [3.63, 3.8) is 0 Å². The number of ether oxygens (including phenoxy) is 2. The van der Waals surface area contributed by atoms with Crippen molar-refractivity contribution in [3.8, 4) is 23.0 Å². The number of benzene rings is 4. The maximum atomic E-state index is 12.5. The SMILES string of the molecule is O=C(Nc1ccc(Oc2ccc(OCc3ccccc3)cc2)cc1)c1cc(O)ccc1[N+](=O)[O-]. The van der Waals surface area contributed by atoms with E-state index in [4.69, 9.17) is 9.47 Å². The summed E-state index contributed by atoms with van der Waals surface area (Å²) in [6, 6.07) is 26.9. The molecule has 8 heteroatoms. The van der Waals surface area contributed by atoms with Crippen molar-refractivity contribution in [2.45, 2.75) is 6.61 Å². The van der Waals surface area contributed by atoms with Crippen LogP contribution in [0.25, 0.3) is 0 Å². The molecule has 4 aromatic carbocycles. The predicted octanol–water partition coefficient (Wildman–Crippen LogP) is 5.92. The molecule has 0 aliphatic heterocycles. The molecule has 0 aromatic heterocycles. The van der Waals surface area contributed by atoms with Crippen LogP contribution >= 0.6 is 0 Å². The molecule has 1 amide bonds. The topological polar surface area (TPSA) is 111 Å². The Morgan fingerprint density at radius 2 is 1.47 bits per heavy atom. The number of hydrogen-bond acceptors (Lipinski definition) is 6. The van der Waals surface area contributed by atoms with Crippen LogP contribution in [0.3, 0.4) is 0 Å². The lowest BCUT2D eigenvalue weighted by Gasteiger charge is -2.10. The Labute approximate surface area is 195 Å². The average molecular weight is 456 g/mol. The van der Waals surface area contributed by atoms with Gasteiger partial charge in [-0.25, -0.2) is 0 Å². The van der Waals surface area contributed by atoms with Gasteiger partial charge in [-0.05, 0) is 66.2 Å². The lowest BCUT2D eigenvalue weighted by molar-refractivity contribution is -0.385. The summed E-state index contributed by atoms with van der Waals surface area (Å²) in [4.78, 5) is 22.9. The summed E-state index contributed by atoms with van der Waals surface area (Å²) >= 11 is 0. The van der Waals surface area contributed by atoms with E-state index in [1.165, 1.54) is 0 Å². The Kier molecular flexibility index (Phi) is 6.69. The number of carbonyl (C=O) groups is 1. The maximum Gasteiger partial charge on any atom is 0.282 e. The molecule has 0 aliphatic rings. The first-order valence-electron chi connectivity index (χ1n) is 10.3. The van der Waals surface area contributed by atoms with Crippen molar-refractivity contribution >= 4 is 17.3 Å². The number of nitrogens with one attached hydrogen (secondary N) is 1. The minimum atomic E-state index is -0.706. The first-order chi connectivity index (χ1) is 16.5. The molecular weight excluding hydrogens is 436 g/mol. The Morgan fingerprint density at radius 1 is 0.853 bits per heavy atom. The second-order valence-electron chi connectivity index (χ2n) is 7.28. The molecule has 0 heterocycles. The molecule has 0 bridgehead atoms. The summed E-state index contributed by atoms with van der Waals surface area (Å²) in [5.74, 6) is 0.923. The molecule has 0 aliphatic carbocycles. The van der Waals surface area contributed by atoms with Crippen LogP contribution < -0.4 is 14.8 Å². The minimum absolute atomic E-state index is 0.236. The standard InChI is InChI=1S/C26H20N2O6/c29-20-8-15-25(28(31)32)24(16-20)26(30)27-19-6-9-22(10-7-19)34-23-13-11-21(12-14-23)33-17-18-4-2-1-3-5-18/h1-16,29H,17H2,(H,27,30). The average Bonchev–Trinajstić information content (AvgIpc) is 2.85. The van der Waals surface area contributed by atoms with Crippen molar-refractivity contribution in [3.05, 3.63) is 118 Å². The lowest BCUT2D eigenvalue weighted by atomic mass is 10.1. The molecule has 0 fully saturated rings. The number of amides is 1. The van der Waals surface area contributed by atoms with Gasteiger partial charge in [0.05, 0.1) is 4.92 Å². The van der Waals surface area contributed by atoms with E-state index in [0.29, 0.717) is 23.8 Å². The van der Waals surface area contributed by atoms with E-state index in [9.17, 15) is 20.0 Å². The van der Waals surface area contributed by atoms with Gasteiger partial charge in [0.25, 0.3) is 11.6 Å². The summed E-state index contributed by atoms with van der Waals surface area (Å²) in [6.45, 7) is 0.472. The van der Waals surface area contributed by atoms with Crippen molar-refractivity contribution in [2.24, 2.45) is 0 Å². The van der Waals surface area contributed by atoms with Gasteiger partial charge in [-0.3, -0.25) is 14.9 Å². The number of nitrogens with zero attached hydrogens (tertiary/aromatic N) is 1. The van der Waals surface area contributed by atoms with Gasteiger partial charge < -0.3 is 19.9 Å². The van der Waals surface area contributed by atoms with E-state index in [2.05, 4.69) is 5.32 Å². The van der Waals surface area contributed by atoms with Crippen LogP contribution in [0, 0.1) is 10.1 Å². The highest BCUT2D eigenvalue weighted by Gasteiger charge is 2.21. The fourth-order valence-electron chi connectivity index (χ4n) is 3.15. The zero-order valence-electron chi connectivity index (χ0n) is 17.9. The largest absolute Gasteiger partial charge is 0.508 e. The highest BCUT2D eigenvalue weighted by molar-refractivity contribution is 6.07. The zero-order chi connectivity index (χ0) is 23.9. The summed E-state index contributed by atoms with van der Waals surface area (Å²) in [6.07, 6.45) is 0. The third-order valence-electron chi connectivity index (χ3n) is 4.84. The van der Waals surface area contributed by atoms with Gasteiger partial charge in [0.15, 0.2) is 0 Å². The van der Waals surface area contributed by atoms with Gasteiger partial charge in [0, 0.05) is 11.8 Å². The van der Waals surface area contributed by atoms with Crippen LogP contribution in [-0.4, -0.2) is 15.9 Å². The third-order valence-corrected chi connectivity index (χ3v) is 4.84. The molecule has 8 nitrogen and oxygen atoms in total. The molecule has 0 saturated heterocycles. The van der Waals surface area contributed by atoms with Gasteiger partial charge in [0.1, 0.15) is 35.2 Å². The summed E-state index contributed by atoms with van der Waals surface area (Å²) in [5, 5.41) is 23.3. The van der Waals surface area contributed by atoms with Gasteiger partial charge in [-0.15, -0.1) is 0 Å². The number of nitro benzene ring substituents is 1. The molecule has 4 aromatic rings. The first-order valence-corrected chi connectivity index (χ1v) is 10.3. The quantitative estimate of drug-likeness (QED) is 0.251. The molecule has 170 valence electrons. The number of nitro groups is 1. The molecule has 4 rings (SSSR count). The molecule has 0 atom stereocenters. The number of anilines is 1. The van der Waals surface area contributed by atoms with E-state index >= 15 is 0 Å². The van der Waals surface area contributed by atoms with Crippen molar-refractivity contribution in [2.75, 3.05) is 5.32 Å². The monoisotopic (exact) mass is 456 g/mol. The van der Waals surface area contributed by atoms with Gasteiger partial charge in [-0.1, -0.05) is 30.3 Å². The highest BCUT2D eigenvalue weighted by Crippen LogP contribution is 2.27. The van der Waals surface area contributed by atoms with Gasteiger partial charge in [-0.2, -0.15) is 0 Å². The smallest absolute Gasteiger partial charge is 0.282 e. The Balaban J connectivity index is 1.35. The van der Waals surface area contributed by atoms with Crippen LogP contribution in [0.1, 0.15) is 15.9 Å². The van der Waals surface area contributed by atoms with Gasteiger partial charge in [0.2, 0.25) is 0 Å². The normalized spacial score (nSPS) is 10.4. The zero-order valence-corrected chi connectivity index (χ0v) is 17.9. The predicted molar refractivity (Wildman–Crippen MR) is 126 cm³/mol. The number of phenols is 1. The van der Waals surface area contributed by atoms with E-state index < -0.39 is 16.5 Å². The van der Waals surface area contributed by atoms with E-state index in [1.54, 1.807) is 36.4 Å². The summed E-state index contributed by atoms with van der Waals surface area (Å²) in [5.41, 5.74) is 0.861. The van der Waals surface area contributed by atoms with Gasteiger partial charge >= 0.3 is 0 Å². The fourth-order valence-corrected chi connectivity index (χ4v) is 3.15. The molecular formula is C26H20N2O6. The second kappa shape index (κ2) is 10.2. The molecule has 0 saturated carbocycles. The van der Waals surface area contributed by atoms with Crippen LogP contribution in [0.2, 0.25) is 0 Å². The number of rotatable bonds is 8. The van der Waals surface area contributed by atoms with Crippen LogP contribution in [0.15, 0.2) is 97.1 Å². The highest BCUT2D eigenvalue weighted by atomic mass is 16.6. The number of aromatic hydroxyl groups is 1. The van der Waals surface area contributed by atoms with Crippen molar-refractivity contribution < 1.29 is 24.3 Å². The first kappa shape index (κ1) is 22.3. The second-order valence-corrected chi connectivity index (χ2v) is 7.28. The summed E-state index contributed by atoms with van der Waals surface area (Å²) in [7, 11) is 0. The van der Waals surface area contributed by atoms with Crippen molar-refractivity contribution in [1.29, 1.82) is 0 Å². The Morgan fingerprint density at radius 3 is 2.12 bits per heavy atom. The number of hydrogen-bond donors (Lipinski definition) is 2. The number of phenolic OH excluding ortho intramolecular Hbond substituents is 1. The van der Waals surface area contributed by atoms with Crippen LogP contribution in [0.4, 0.5) is 11.4 Å². The van der Waals surface area contributed by atoms with Crippen molar-refractivity contribution in [1.82, 2.24) is 0 Å². The molecule has 0 radical (unpaired) electrons. The molecule has 2 N–H and O–H groups in total. The van der Waals surface area contributed by atoms with Crippen LogP contribution in [-0.2, 0) is 6.61 Å². The Hall–Kier alpha value is -4.85. The van der Waals surface area contributed by atoms with E-state index in [1.807, 2.05) is 42.5 Å². The maximum absolute atomic E-state index is 12.5. The molecule has 0 spiro atoms. The number of carbonyl (C=O) groups excluding carboxylic acids is 1. The molecule has 34 heavy (non-hydrogen) atoms. The molecule has 0 unspecified atom stereocenters.